The number of ketones is 1. The molecule has 0 saturated carbocycles. The number of benzene rings is 6. The summed E-state index contributed by atoms with van der Waals surface area (Å²) in [6.45, 7) is 15.4. The maximum absolute atomic E-state index is 14.5. The molecule has 0 fully saturated rings. The van der Waals surface area contributed by atoms with Gasteiger partial charge in [0.05, 0.1) is 11.1 Å². The van der Waals surface area contributed by atoms with E-state index in [0.29, 0.717) is 16.7 Å². The third kappa shape index (κ3) is 5.43. The fraction of sp³-hybridized carbons (Fsp3) is 0.213. The number of rotatable bonds is 3. The highest BCUT2D eigenvalue weighted by Gasteiger charge is 2.39. The molecule has 266 valence electrons. The van der Waals surface area contributed by atoms with Crippen LogP contribution in [0.4, 0.5) is 17.1 Å². The van der Waals surface area contributed by atoms with Crippen LogP contribution in [-0.4, -0.2) is 24.7 Å². The monoisotopic (exact) mass is 705 g/mol. The molecule has 9 rings (SSSR count). The number of hydrogen-bond donors (Lipinski definition) is 4. The highest BCUT2D eigenvalue weighted by atomic mass is 16.3. The number of carbonyl (C=O) groups is 1. The van der Waals surface area contributed by atoms with Gasteiger partial charge < -0.3 is 20.8 Å². The number of carbonyl (C=O) groups excluding carboxylic acids is 1. The van der Waals surface area contributed by atoms with E-state index >= 15 is 0 Å². The molecule has 5 nitrogen and oxygen atoms in total. The fourth-order valence-corrected chi connectivity index (χ4v) is 8.59. The van der Waals surface area contributed by atoms with Crippen molar-refractivity contribution in [1.82, 2.24) is 0 Å². The summed E-state index contributed by atoms with van der Waals surface area (Å²) < 4.78 is 0. The lowest BCUT2D eigenvalue weighted by Gasteiger charge is -2.31. The number of hydrogen-bond acceptors (Lipinski definition) is 5. The van der Waals surface area contributed by atoms with Crippen molar-refractivity contribution in [1.29, 1.82) is 0 Å². The van der Waals surface area contributed by atoms with Crippen LogP contribution in [0.3, 0.4) is 0 Å². The van der Waals surface area contributed by atoms with Gasteiger partial charge in [0.15, 0.2) is 0 Å². The molecule has 7 heteroatoms. The normalized spacial score (nSPS) is 17.8. The second kappa shape index (κ2) is 12.2. The Hall–Kier alpha value is -5.68. The van der Waals surface area contributed by atoms with E-state index in [1.54, 1.807) is 0 Å². The van der Waals surface area contributed by atoms with Crippen molar-refractivity contribution in [2.75, 3.05) is 15.7 Å². The van der Waals surface area contributed by atoms with Crippen LogP contribution in [-0.2, 0) is 15.6 Å². The number of Topliss-reactive ketones (excluding diaryl/α,β-unsaturated/α-hetero) is 1. The van der Waals surface area contributed by atoms with Crippen molar-refractivity contribution in [2.45, 2.75) is 65.1 Å². The molecule has 2 heterocycles. The van der Waals surface area contributed by atoms with Crippen LogP contribution < -0.4 is 37.0 Å². The molecule has 0 amide bonds. The van der Waals surface area contributed by atoms with Crippen LogP contribution in [0.5, 0.6) is 0 Å². The van der Waals surface area contributed by atoms with Gasteiger partial charge in [0.25, 0.3) is 6.85 Å². The Morgan fingerprint density at radius 3 is 1.80 bits per heavy atom. The summed E-state index contributed by atoms with van der Waals surface area (Å²) >= 11 is 0. The van der Waals surface area contributed by atoms with Crippen molar-refractivity contribution in [3.05, 3.63) is 142 Å². The van der Waals surface area contributed by atoms with Gasteiger partial charge in [0, 0.05) is 33.4 Å². The maximum Gasteiger partial charge on any atom is 0.406 e. The predicted molar refractivity (Wildman–Crippen MR) is 231 cm³/mol. The first-order chi connectivity index (χ1) is 25.8. The molecule has 0 radical (unpaired) electrons. The van der Waals surface area contributed by atoms with Crippen LogP contribution in [0.2, 0.25) is 5.82 Å². The van der Waals surface area contributed by atoms with Gasteiger partial charge in [-0.1, -0.05) is 157 Å². The summed E-state index contributed by atoms with van der Waals surface area (Å²) in [5, 5.41) is 29.2. The Balaban J connectivity index is 1.17. The van der Waals surface area contributed by atoms with E-state index < -0.39 is 0 Å². The lowest BCUT2D eigenvalue weighted by atomic mass is 9.47. The quantitative estimate of drug-likeness (QED) is 0.141. The van der Waals surface area contributed by atoms with E-state index in [-0.39, 0.29) is 42.0 Å². The van der Waals surface area contributed by atoms with Crippen molar-refractivity contribution in [2.24, 2.45) is 0 Å². The van der Waals surface area contributed by atoms with Gasteiger partial charge in [-0.15, -0.1) is 0 Å². The molecule has 1 atom stereocenters. The molecule has 0 bridgehead atoms. The van der Waals surface area contributed by atoms with Crippen LogP contribution in [0.25, 0.3) is 38.8 Å². The molecule has 54 heavy (non-hydrogen) atoms. The first-order valence-corrected chi connectivity index (χ1v) is 19.1. The number of aliphatic hydroxyl groups is 1. The molecule has 0 spiro atoms. The lowest BCUT2D eigenvalue weighted by Crippen LogP contribution is -2.48. The number of aliphatic hydroxyl groups excluding tert-OH is 1. The minimum atomic E-state index is -0.215. The van der Waals surface area contributed by atoms with E-state index in [1.165, 1.54) is 16.6 Å². The molecule has 4 N–H and O–H groups in total. The minimum absolute atomic E-state index is 0.0313. The zero-order valence-electron chi connectivity index (χ0n) is 32.1. The summed E-state index contributed by atoms with van der Waals surface area (Å²) in [6.07, 6.45) is 2.28. The van der Waals surface area contributed by atoms with E-state index in [9.17, 15) is 9.90 Å². The third-order valence-corrected chi connectivity index (χ3v) is 11.7. The molecule has 0 saturated heterocycles. The predicted octanol–water partition coefficient (Wildman–Crippen LogP) is 8.02. The summed E-state index contributed by atoms with van der Waals surface area (Å²) in [5.74, 6) is -0.00844. The van der Waals surface area contributed by atoms with Gasteiger partial charge in [0.2, 0.25) is 5.78 Å². The summed E-state index contributed by atoms with van der Waals surface area (Å²) in [5.41, 5.74) is 9.31. The fourth-order valence-electron chi connectivity index (χ4n) is 8.59. The van der Waals surface area contributed by atoms with E-state index in [2.05, 4.69) is 161 Å². The molecule has 1 aliphatic carbocycles. The van der Waals surface area contributed by atoms with Gasteiger partial charge in [-0.3, -0.25) is 4.79 Å². The minimum Gasteiger partial charge on any atom is -0.506 e. The van der Waals surface area contributed by atoms with Gasteiger partial charge in [-0.05, 0) is 66.6 Å². The van der Waals surface area contributed by atoms with Crippen LogP contribution in [0.1, 0.15) is 65.2 Å². The topological polar surface area (TPSA) is 73.4 Å². The molecular weight excluding hydrogens is 660 g/mol. The van der Waals surface area contributed by atoms with Crippen molar-refractivity contribution in [3.63, 3.8) is 0 Å². The van der Waals surface area contributed by atoms with Crippen molar-refractivity contribution >= 4 is 86.4 Å². The van der Waals surface area contributed by atoms with Crippen molar-refractivity contribution in [3.8, 4) is 0 Å². The molecule has 6 aromatic rings. The summed E-state index contributed by atoms with van der Waals surface area (Å²) in [4.78, 5) is 14.5. The lowest BCUT2D eigenvalue weighted by molar-refractivity contribution is -0.109. The SMILES string of the molecule is CC1C=c2c(=C3C(=O)C(c4ccc5cccc6c5c4NB(c4ccc(C(C)(C)C)cc4)N6)=C3O)ccc3cccc(c23)NB1c1ccc(C(C)(C)C)cc1. The third-order valence-electron chi connectivity index (χ3n) is 11.7. The molecule has 6 aromatic carbocycles. The highest BCUT2D eigenvalue weighted by Crippen LogP contribution is 2.45. The summed E-state index contributed by atoms with van der Waals surface area (Å²) in [7, 11) is 0. The van der Waals surface area contributed by atoms with E-state index in [0.717, 1.165) is 54.5 Å². The molecule has 1 unspecified atom stereocenters. The molecule has 0 aromatic heterocycles. The van der Waals surface area contributed by atoms with Gasteiger partial charge >= 0.3 is 6.98 Å². The van der Waals surface area contributed by atoms with Gasteiger partial charge in [0.1, 0.15) is 5.76 Å². The van der Waals surface area contributed by atoms with E-state index in [4.69, 9.17) is 0 Å². The average Bonchev–Trinajstić information content (AvgIpc) is 3.30. The molecular formula is C47H45B2N3O2. The Morgan fingerprint density at radius 2 is 1.19 bits per heavy atom. The second-order valence-corrected chi connectivity index (χ2v) is 17.4. The summed E-state index contributed by atoms with van der Waals surface area (Å²) in [6, 6.07) is 38.3. The van der Waals surface area contributed by atoms with Crippen LogP contribution in [0, 0.1) is 0 Å². The first-order valence-electron chi connectivity index (χ1n) is 19.1. The Kier molecular flexibility index (Phi) is 7.69. The van der Waals surface area contributed by atoms with E-state index in [1.807, 2.05) is 18.2 Å². The standard InChI is InChI=1S/C47H45B2N3O2/c1-27-26-36-34(24-14-28-10-8-12-37(39(28)36)50-48(27)32-20-16-30(17-21-32)46(2,3)4)41-44(53)42(45(41)54)35-25-15-29-11-9-13-38-40(29)43(35)52-49(51-38)33-22-18-31(19-23-33)47(5,6)7/h8-27,50-53H,1-7H3. The van der Waals surface area contributed by atoms with Crippen LogP contribution >= 0.6 is 0 Å². The second-order valence-electron chi connectivity index (χ2n) is 17.4. The zero-order chi connectivity index (χ0) is 37.7. The first kappa shape index (κ1) is 34.1. The maximum atomic E-state index is 14.5. The molecule has 2 aliphatic heterocycles. The molecule has 3 aliphatic rings. The van der Waals surface area contributed by atoms with Gasteiger partial charge in [-0.25, -0.2) is 0 Å². The van der Waals surface area contributed by atoms with Crippen LogP contribution in [0.15, 0.2) is 115 Å². The average molecular weight is 706 g/mol. The Bertz CT molecular complexity index is 2700. The van der Waals surface area contributed by atoms with Crippen molar-refractivity contribution < 1.29 is 9.90 Å². The number of allylic oxidation sites excluding steroid dienone is 2. The van der Waals surface area contributed by atoms with Gasteiger partial charge in [-0.2, -0.15) is 0 Å². The smallest absolute Gasteiger partial charge is 0.406 e. The Morgan fingerprint density at radius 1 is 0.611 bits per heavy atom. The number of nitrogens with one attached hydrogen (secondary N) is 3. The number of anilines is 3. The zero-order valence-corrected chi connectivity index (χ0v) is 32.1. The largest absolute Gasteiger partial charge is 0.506 e. The Labute approximate surface area is 318 Å². The highest BCUT2D eigenvalue weighted by molar-refractivity contribution is 6.80.